The molecule has 2 aromatic rings. The molecule has 1 aromatic carbocycles. The van der Waals surface area contributed by atoms with E-state index in [0.29, 0.717) is 23.0 Å². The van der Waals surface area contributed by atoms with Crippen molar-refractivity contribution in [3.8, 4) is 0 Å². The van der Waals surface area contributed by atoms with Crippen LogP contribution in [0.1, 0.15) is 37.0 Å². The van der Waals surface area contributed by atoms with Crippen LogP contribution in [0.15, 0.2) is 42.6 Å². The van der Waals surface area contributed by atoms with Gasteiger partial charge in [0.05, 0.1) is 0 Å². The monoisotopic (exact) mass is 352 g/mol. The van der Waals surface area contributed by atoms with Crippen molar-refractivity contribution in [2.24, 2.45) is 5.92 Å². The molecular formula is C20H24N4O2. The molecule has 0 unspecified atom stereocenters. The van der Waals surface area contributed by atoms with Crippen molar-refractivity contribution in [3.63, 3.8) is 0 Å². The summed E-state index contributed by atoms with van der Waals surface area (Å²) in [4.78, 5) is 30.1. The van der Waals surface area contributed by atoms with Crippen LogP contribution in [0, 0.1) is 5.92 Å². The number of benzene rings is 1. The van der Waals surface area contributed by atoms with Gasteiger partial charge in [-0.15, -0.1) is 0 Å². The molecule has 2 amide bonds. The molecule has 0 bridgehead atoms. The average Bonchev–Trinajstić information content (AvgIpc) is 2.62. The number of rotatable bonds is 4. The Bertz CT molecular complexity index is 798. The van der Waals surface area contributed by atoms with Crippen molar-refractivity contribution in [1.82, 2.24) is 9.88 Å². The van der Waals surface area contributed by atoms with Crippen molar-refractivity contribution in [1.29, 1.82) is 0 Å². The Labute approximate surface area is 153 Å². The van der Waals surface area contributed by atoms with E-state index in [2.05, 4.69) is 22.5 Å². The van der Waals surface area contributed by atoms with Gasteiger partial charge in [0.25, 0.3) is 5.91 Å². The minimum Gasteiger partial charge on any atom is -0.340 e. The molecule has 1 aliphatic heterocycles. The molecular weight excluding hydrogens is 328 g/mol. The summed E-state index contributed by atoms with van der Waals surface area (Å²) in [5.74, 6) is 1.21. The highest BCUT2D eigenvalue weighted by Gasteiger charge is 2.21. The Morgan fingerprint density at radius 3 is 2.58 bits per heavy atom. The number of piperidine rings is 1. The summed E-state index contributed by atoms with van der Waals surface area (Å²) < 4.78 is 0. The highest BCUT2D eigenvalue weighted by atomic mass is 16.2. The minimum absolute atomic E-state index is 0.0503. The van der Waals surface area contributed by atoms with Gasteiger partial charge in [-0.05, 0) is 49.1 Å². The van der Waals surface area contributed by atoms with Crippen LogP contribution < -0.4 is 10.6 Å². The van der Waals surface area contributed by atoms with Gasteiger partial charge in [0.15, 0.2) is 0 Å². The fourth-order valence-corrected chi connectivity index (χ4v) is 3.05. The smallest absolute Gasteiger partial charge is 0.254 e. The van der Waals surface area contributed by atoms with E-state index in [1.807, 2.05) is 29.2 Å². The molecule has 1 aliphatic rings. The van der Waals surface area contributed by atoms with E-state index in [-0.39, 0.29) is 11.8 Å². The first-order valence-corrected chi connectivity index (χ1v) is 8.91. The van der Waals surface area contributed by atoms with Gasteiger partial charge >= 0.3 is 0 Å². The second kappa shape index (κ2) is 7.99. The lowest BCUT2D eigenvalue weighted by atomic mass is 9.99. The van der Waals surface area contributed by atoms with Crippen LogP contribution in [0.4, 0.5) is 17.2 Å². The molecule has 1 saturated heterocycles. The number of hydrogen-bond donors (Lipinski definition) is 2. The largest absolute Gasteiger partial charge is 0.340 e. The van der Waals surface area contributed by atoms with Gasteiger partial charge < -0.3 is 15.5 Å². The highest BCUT2D eigenvalue weighted by molar-refractivity contribution is 5.95. The molecule has 0 atom stereocenters. The molecule has 0 saturated carbocycles. The van der Waals surface area contributed by atoms with Gasteiger partial charge in [0.1, 0.15) is 5.82 Å². The quantitative estimate of drug-likeness (QED) is 0.881. The predicted octanol–water partition coefficient (Wildman–Crippen LogP) is 3.66. The van der Waals surface area contributed by atoms with Gasteiger partial charge in [0, 0.05) is 43.1 Å². The Morgan fingerprint density at radius 1 is 1.12 bits per heavy atom. The summed E-state index contributed by atoms with van der Waals surface area (Å²) in [5, 5.41) is 5.94. The first kappa shape index (κ1) is 17.9. The zero-order chi connectivity index (χ0) is 18.5. The third-order valence-corrected chi connectivity index (χ3v) is 4.53. The summed E-state index contributed by atoms with van der Waals surface area (Å²) in [5.41, 5.74) is 2.13. The summed E-state index contributed by atoms with van der Waals surface area (Å²) in [7, 11) is 0. The standard InChI is InChI=1S/C20H24N4O2/c1-14-7-10-24(11-8-14)20(26)16-6-9-21-19(12-16)23-18-5-3-4-17(13-18)22-15(2)25/h3-6,9,12-14H,7-8,10-11H2,1-2H3,(H,21,23)(H,22,25). The van der Waals surface area contributed by atoms with Crippen molar-refractivity contribution in [2.45, 2.75) is 26.7 Å². The molecule has 0 aliphatic carbocycles. The van der Waals surface area contributed by atoms with E-state index in [9.17, 15) is 9.59 Å². The lowest BCUT2D eigenvalue weighted by Gasteiger charge is -2.30. The van der Waals surface area contributed by atoms with E-state index in [1.54, 1.807) is 18.3 Å². The number of carbonyl (C=O) groups is 2. The molecule has 26 heavy (non-hydrogen) atoms. The van der Waals surface area contributed by atoms with Crippen LogP contribution in [0.3, 0.4) is 0 Å². The molecule has 3 rings (SSSR count). The lowest BCUT2D eigenvalue weighted by Crippen LogP contribution is -2.37. The fourth-order valence-electron chi connectivity index (χ4n) is 3.05. The molecule has 2 N–H and O–H groups in total. The van der Waals surface area contributed by atoms with Crippen molar-refractivity contribution < 1.29 is 9.59 Å². The number of nitrogens with zero attached hydrogens (tertiary/aromatic N) is 2. The molecule has 1 fully saturated rings. The first-order valence-electron chi connectivity index (χ1n) is 8.91. The Morgan fingerprint density at radius 2 is 1.85 bits per heavy atom. The SMILES string of the molecule is CC(=O)Nc1cccc(Nc2cc(C(=O)N3CCC(C)CC3)ccn2)c1. The number of anilines is 3. The van der Waals surface area contributed by atoms with Crippen LogP contribution in [0.25, 0.3) is 0 Å². The fraction of sp³-hybridized carbons (Fsp3) is 0.350. The van der Waals surface area contributed by atoms with E-state index in [4.69, 9.17) is 0 Å². The number of likely N-dealkylation sites (tertiary alicyclic amines) is 1. The molecule has 1 aromatic heterocycles. The van der Waals surface area contributed by atoms with Crippen LogP contribution in [0.5, 0.6) is 0 Å². The van der Waals surface area contributed by atoms with E-state index < -0.39 is 0 Å². The second-order valence-corrected chi connectivity index (χ2v) is 6.79. The number of amides is 2. The van der Waals surface area contributed by atoms with Crippen molar-refractivity contribution >= 4 is 29.0 Å². The van der Waals surface area contributed by atoms with Gasteiger partial charge in [-0.3, -0.25) is 9.59 Å². The summed E-state index contributed by atoms with van der Waals surface area (Å²) in [6.07, 6.45) is 3.75. The maximum absolute atomic E-state index is 12.7. The van der Waals surface area contributed by atoms with Gasteiger partial charge in [-0.2, -0.15) is 0 Å². The van der Waals surface area contributed by atoms with Crippen LogP contribution >= 0.6 is 0 Å². The van der Waals surface area contributed by atoms with Gasteiger partial charge in [-0.25, -0.2) is 4.98 Å². The number of hydrogen-bond acceptors (Lipinski definition) is 4. The van der Waals surface area contributed by atoms with E-state index in [1.165, 1.54) is 6.92 Å². The van der Waals surface area contributed by atoms with Crippen LogP contribution in [-0.4, -0.2) is 34.8 Å². The predicted molar refractivity (Wildman–Crippen MR) is 103 cm³/mol. The maximum atomic E-state index is 12.7. The third-order valence-electron chi connectivity index (χ3n) is 4.53. The summed E-state index contributed by atoms with van der Waals surface area (Å²) in [6, 6.07) is 10.9. The van der Waals surface area contributed by atoms with Crippen molar-refractivity contribution in [2.75, 3.05) is 23.7 Å². The molecule has 2 heterocycles. The molecule has 0 radical (unpaired) electrons. The number of aromatic nitrogens is 1. The van der Waals surface area contributed by atoms with Crippen LogP contribution in [-0.2, 0) is 4.79 Å². The summed E-state index contributed by atoms with van der Waals surface area (Å²) >= 11 is 0. The van der Waals surface area contributed by atoms with Gasteiger partial charge in [-0.1, -0.05) is 13.0 Å². The second-order valence-electron chi connectivity index (χ2n) is 6.79. The third kappa shape index (κ3) is 4.59. The van der Waals surface area contributed by atoms with E-state index >= 15 is 0 Å². The zero-order valence-electron chi connectivity index (χ0n) is 15.2. The minimum atomic E-state index is -0.122. The molecule has 6 heteroatoms. The van der Waals surface area contributed by atoms with Gasteiger partial charge in [0.2, 0.25) is 5.91 Å². The first-order chi connectivity index (χ1) is 12.5. The molecule has 0 spiro atoms. The topological polar surface area (TPSA) is 74.3 Å². The average molecular weight is 352 g/mol. The van der Waals surface area contributed by atoms with Crippen molar-refractivity contribution in [3.05, 3.63) is 48.2 Å². The summed E-state index contributed by atoms with van der Waals surface area (Å²) in [6.45, 7) is 5.32. The normalized spacial score (nSPS) is 14.8. The maximum Gasteiger partial charge on any atom is 0.254 e. The highest BCUT2D eigenvalue weighted by Crippen LogP contribution is 2.21. The number of pyridine rings is 1. The van der Waals surface area contributed by atoms with Crippen LogP contribution in [0.2, 0.25) is 0 Å². The molecule has 6 nitrogen and oxygen atoms in total. The lowest BCUT2D eigenvalue weighted by molar-refractivity contribution is -0.114. The van der Waals surface area contributed by atoms with E-state index in [0.717, 1.165) is 31.6 Å². The Balaban J connectivity index is 1.71. The number of carbonyl (C=O) groups excluding carboxylic acids is 2. The molecule has 136 valence electrons. The zero-order valence-corrected chi connectivity index (χ0v) is 15.2. The number of nitrogens with one attached hydrogen (secondary N) is 2. The Hall–Kier alpha value is -2.89. The Kier molecular flexibility index (Phi) is 5.51.